The van der Waals surface area contributed by atoms with Gasteiger partial charge in [0.2, 0.25) is 11.7 Å². The number of tetrazole rings is 1. The van der Waals surface area contributed by atoms with Crippen molar-refractivity contribution in [2.24, 2.45) is 0 Å². The third kappa shape index (κ3) is 5.82. The number of nitrogens with one attached hydrogen (secondary N) is 1. The maximum atomic E-state index is 13.6. The normalized spacial score (nSPS) is 14.5. The summed E-state index contributed by atoms with van der Waals surface area (Å²) < 4.78 is 19.0. The quantitative estimate of drug-likeness (QED) is 0.504. The minimum Gasteiger partial charge on any atom is -0.492 e. The highest BCUT2D eigenvalue weighted by molar-refractivity contribution is 6.01. The zero-order valence-electron chi connectivity index (χ0n) is 19.9. The summed E-state index contributed by atoms with van der Waals surface area (Å²) in [6.45, 7) is 3.72. The van der Waals surface area contributed by atoms with E-state index in [1.165, 1.54) is 21.8 Å². The molecule has 1 aliphatic rings. The van der Waals surface area contributed by atoms with E-state index in [9.17, 15) is 14.0 Å². The van der Waals surface area contributed by atoms with E-state index in [2.05, 4.69) is 20.7 Å². The summed E-state index contributed by atoms with van der Waals surface area (Å²) in [6.07, 6.45) is 4.06. The second kappa shape index (κ2) is 11.1. The van der Waals surface area contributed by atoms with Gasteiger partial charge in [0.15, 0.2) is 0 Å². The van der Waals surface area contributed by atoms with Crippen molar-refractivity contribution in [3.63, 3.8) is 0 Å². The number of rotatable bonds is 9. The van der Waals surface area contributed by atoms with Crippen LogP contribution in [-0.2, 0) is 16.1 Å². The zero-order chi connectivity index (χ0) is 24.8. The highest BCUT2D eigenvalue weighted by atomic mass is 19.1. The molecule has 10 heteroatoms. The number of ether oxygens (including phenoxy) is 1. The standard InChI is InChI=1S/C25H29FN6O3/c1-3-35-22-11-7-6-10-21(22)32(17(2)25(34)27-20-8-4-5-9-20)23(33)16-31-29-24(28-30-31)18-12-14-19(26)15-13-18/h6-7,10-15,17,20H,3-5,8-9,16H2,1-2H3,(H,27,34). The Morgan fingerprint density at radius 3 is 2.60 bits per heavy atom. The van der Waals surface area contributed by atoms with E-state index in [1.807, 2.05) is 13.0 Å². The lowest BCUT2D eigenvalue weighted by Gasteiger charge is -2.30. The van der Waals surface area contributed by atoms with E-state index in [1.54, 1.807) is 37.3 Å². The van der Waals surface area contributed by atoms with Crippen molar-refractivity contribution in [2.75, 3.05) is 11.5 Å². The number of para-hydroxylation sites is 2. The second-order valence-corrected chi connectivity index (χ2v) is 8.48. The van der Waals surface area contributed by atoms with Crippen molar-refractivity contribution in [1.82, 2.24) is 25.5 Å². The van der Waals surface area contributed by atoms with Gasteiger partial charge in [-0.05, 0) is 68.3 Å². The van der Waals surface area contributed by atoms with Crippen molar-refractivity contribution in [3.05, 3.63) is 54.3 Å². The van der Waals surface area contributed by atoms with Gasteiger partial charge in [-0.3, -0.25) is 14.5 Å². The Balaban J connectivity index is 1.58. The van der Waals surface area contributed by atoms with Crippen LogP contribution >= 0.6 is 0 Å². The number of hydrogen-bond donors (Lipinski definition) is 1. The van der Waals surface area contributed by atoms with Crippen LogP contribution < -0.4 is 15.0 Å². The molecule has 0 bridgehead atoms. The molecule has 1 aliphatic carbocycles. The van der Waals surface area contributed by atoms with E-state index in [0.717, 1.165) is 25.7 Å². The van der Waals surface area contributed by atoms with Gasteiger partial charge < -0.3 is 10.1 Å². The van der Waals surface area contributed by atoms with E-state index in [0.29, 0.717) is 23.6 Å². The Morgan fingerprint density at radius 2 is 1.89 bits per heavy atom. The lowest BCUT2D eigenvalue weighted by molar-refractivity contribution is -0.127. The van der Waals surface area contributed by atoms with Crippen LogP contribution in [-0.4, -0.2) is 50.7 Å². The molecular weight excluding hydrogens is 451 g/mol. The number of halogens is 1. The van der Waals surface area contributed by atoms with Crippen LogP contribution in [0.3, 0.4) is 0 Å². The monoisotopic (exact) mass is 480 g/mol. The average molecular weight is 481 g/mol. The minimum absolute atomic E-state index is 0.124. The van der Waals surface area contributed by atoms with Gasteiger partial charge in [-0.15, -0.1) is 10.2 Å². The first-order valence-electron chi connectivity index (χ1n) is 11.8. The van der Waals surface area contributed by atoms with Crippen molar-refractivity contribution in [3.8, 4) is 17.1 Å². The lowest BCUT2D eigenvalue weighted by atomic mass is 10.1. The fourth-order valence-corrected chi connectivity index (χ4v) is 4.22. The van der Waals surface area contributed by atoms with Gasteiger partial charge in [-0.2, -0.15) is 4.80 Å². The number of aromatic nitrogens is 4. The molecule has 1 unspecified atom stereocenters. The maximum absolute atomic E-state index is 13.6. The lowest BCUT2D eigenvalue weighted by Crippen LogP contribution is -2.51. The summed E-state index contributed by atoms with van der Waals surface area (Å²) in [5.74, 6) is -0.220. The summed E-state index contributed by atoms with van der Waals surface area (Å²) in [5.41, 5.74) is 1.07. The summed E-state index contributed by atoms with van der Waals surface area (Å²) in [4.78, 5) is 29.3. The predicted molar refractivity (Wildman–Crippen MR) is 128 cm³/mol. The van der Waals surface area contributed by atoms with E-state index in [4.69, 9.17) is 4.74 Å². The van der Waals surface area contributed by atoms with Gasteiger partial charge >= 0.3 is 0 Å². The van der Waals surface area contributed by atoms with Gasteiger partial charge in [0, 0.05) is 11.6 Å². The molecule has 1 saturated carbocycles. The molecule has 0 saturated heterocycles. The predicted octanol–water partition coefficient (Wildman–Crippen LogP) is 3.36. The molecule has 0 aliphatic heterocycles. The molecule has 1 fully saturated rings. The number of hydrogen-bond acceptors (Lipinski definition) is 6. The first-order chi connectivity index (χ1) is 17.0. The summed E-state index contributed by atoms with van der Waals surface area (Å²) >= 11 is 0. The van der Waals surface area contributed by atoms with Crippen LogP contribution in [0.4, 0.5) is 10.1 Å². The summed E-state index contributed by atoms with van der Waals surface area (Å²) in [6, 6.07) is 12.1. The molecule has 1 N–H and O–H groups in total. The van der Waals surface area contributed by atoms with Crippen molar-refractivity contribution in [1.29, 1.82) is 0 Å². The van der Waals surface area contributed by atoms with Gasteiger partial charge in [-0.1, -0.05) is 25.0 Å². The summed E-state index contributed by atoms with van der Waals surface area (Å²) in [7, 11) is 0. The van der Waals surface area contributed by atoms with E-state index >= 15 is 0 Å². The number of carbonyl (C=O) groups is 2. The van der Waals surface area contributed by atoms with E-state index in [-0.39, 0.29) is 30.1 Å². The first kappa shape index (κ1) is 24.3. The number of anilines is 1. The van der Waals surface area contributed by atoms with Gasteiger partial charge in [0.1, 0.15) is 24.2 Å². The van der Waals surface area contributed by atoms with Crippen molar-refractivity contribution < 1.29 is 18.7 Å². The SMILES string of the molecule is CCOc1ccccc1N(C(=O)Cn1nnc(-c2ccc(F)cc2)n1)C(C)C(=O)NC1CCCC1. The minimum atomic E-state index is -0.787. The molecule has 184 valence electrons. The zero-order valence-corrected chi connectivity index (χ0v) is 19.9. The molecule has 1 atom stereocenters. The van der Waals surface area contributed by atoms with Crippen LogP contribution in [0.15, 0.2) is 48.5 Å². The van der Waals surface area contributed by atoms with Crippen LogP contribution in [0.2, 0.25) is 0 Å². The molecule has 1 aromatic heterocycles. The van der Waals surface area contributed by atoms with E-state index < -0.39 is 11.9 Å². The molecule has 35 heavy (non-hydrogen) atoms. The smallest absolute Gasteiger partial charge is 0.251 e. The fraction of sp³-hybridized carbons (Fsp3) is 0.400. The number of carbonyl (C=O) groups excluding carboxylic acids is 2. The maximum Gasteiger partial charge on any atom is 0.251 e. The van der Waals surface area contributed by atoms with Crippen molar-refractivity contribution in [2.45, 2.75) is 58.2 Å². The van der Waals surface area contributed by atoms with Crippen LogP contribution in [0, 0.1) is 5.82 Å². The topological polar surface area (TPSA) is 102 Å². The Bertz CT molecular complexity index is 1160. The molecule has 4 rings (SSSR count). The molecule has 2 amide bonds. The molecular formula is C25H29FN6O3. The highest BCUT2D eigenvalue weighted by Crippen LogP contribution is 2.30. The number of amides is 2. The molecule has 9 nitrogen and oxygen atoms in total. The first-order valence-corrected chi connectivity index (χ1v) is 11.8. The third-order valence-corrected chi connectivity index (χ3v) is 5.99. The van der Waals surface area contributed by atoms with Crippen LogP contribution in [0.1, 0.15) is 39.5 Å². The molecule has 0 spiro atoms. The van der Waals surface area contributed by atoms with Gasteiger partial charge in [0.05, 0.1) is 12.3 Å². The fourth-order valence-electron chi connectivity index (χ4n) is 4.22. The average Bonchev–Trinajstić information content (AvgIpc) is 3.53. The van der Waals surface area contributed by atoms with Crippen LogP contribution in [0.5, 0.6) is 5.75 Å². The second-order valence-electron chi connectivity index (χ2n) is 8.48. The largest absolute Gasteiger partial charge is 0.492 e. The Labute approximate surface area is 203 Å². The third-order valence-electron chi connectivity index (χ3n) is 5.99. The summed E-state index contributed by atoms with van der Waals surface area (Å²) in [5, 5.41) is 15.3. The van der Waals surface area contributed by atoms with Gasteiger partial charge in [-0.25, -0.2) is 4.39 Å². The Morgan fingerprint density at radius 1 is 1.17 bits per heavy atom. The number of benzene rings is 2. The highest BCUT2D eigenvalue weighted by Gasteiger charge is 2.31. The molecule has 3 aromatic rings. The van der Waals surface area contributed by atoms with Gasteiger partial charge in [0.25, 0.3) is 5.91 Å². The molecule has 2 aromatic carbocycles. The van der Waals surface area contributed by atoms with Crippen molar-refractivity contribution >= 4 is 17.5 Å². The molecule has 1 heterocycles. The number of nitrogens with zero attached hydrogens (tertiary/aromatic N) is 5. The Hall–Kier alpha value is -3.82. The molecule has 0 radical (unpaired) electrons. The Kier molecular flexibility index (Phi) is 7.69. The van der Waals surface area contributed by atoms with Crippen LogP contribution in [0.25, 0.3) is 11.4 Å².